The minimum absolute atomic E-state index is 0.0213. The summed E-state index contributed by atoms with van der Waals surface area (Å²) < 4.78 is 0.728. The van der Waals surface area contributed by atoms with Crippen molar-refractivity contribution in [1.82, 2.24) is 9.97 Å². The summed E-state index contributed by atoms with van der Waals surface area (Å²) in [6.45, 7) is 1.92. The standard InChI is InChI=1S/C11H12ClN3OS2/c1-6(13)10(7-2-3-8(12)17-7)18-11-14-5-4-9(16)15-11/h2-6,10H,13H2,1H3,(H,14,15,16). The molecule has 2 rings (SSSR count). The number of halogens is 1. The Balaban J connectivity index is 2.24. The van der Waals surface area contributed by atoms with Crippen LogP contribution in [0.25, 0.3) is 0 Å². The van der Waals surface area contributed by atoms with Gasteiger partial charge in [0.2, 0.25) is 0 Å². The molecular formula is C11H12ClN3OS2. The summed E-state index contributed by atoms with van der Waals surface area (Å²) in [7, 11) is 0. The number of aromatic nitrogens is 2. The van der Waals surface area contributed by atoms with Gasteiger partial charge in [-0.1, -0.05) is 23.4 Å². The molecule has 4 nitrogen and oxygen atoms in total. The van der Waals surface area contributed by atoms with Gasteiger partial charge in [-0.2, -0.15) is 0 Å². The van der Waals surface area contributed by atoms with Gasteiger partial charge in [0, 0.05) is 23.2 Å². The summed E-state index contributed by atoms with van der Waals surface area (Å²) in [5.41, 5.74) is 5.82. The SMILES string of the molecule is CC(N)C(Sc1nccc(=O)[nH]1)c1ccc(Cl)s1. The van der Waals surface area contributed by atoms with Crippen LogP contribution in [0, 0.1) is 0 Å². The van der Waals surface area contributed by atoms with Crippen LogP contribution < -0.4 is 11.3 Å². The van der Waals surface area contributed by atoms with E-state index in [1.807, 2.05) is 19.1 Å². The van der Waals surface area contributed by atoms with Crippen LogP contribution in [-0.4, -0.2) is 16.0 Å². The van der Waals surface area contributed by atoms with Gasteiger partial charge >= 0.3 is 0 Å². The average molecular weight is 302 g/mol. The van der Waals surface area contributed by atoms with Crippen molar-refractivity contribution in [1.29, 1.82) is 0 Å². The number of thiophene rings is 1. The minimum Gasteiger partial charge on any atom is -0.327 e. The van der Waals surface area contributed by atoms with Crippen LogP contribution in [0.5, 0.6) is 0 Å². The van der Waals surface area contributed by atoms with Gasteiger partial charge < -0.3 is 10.7 Å². The number of thioether (sulfide) groups is 1. The van der Waals surface area contributed by atoms with Crippen molar-refractivity contribution in [3.05, 3.63) is 44.0 Å². The first-order valence-electron chi connectivity index (χ1n) is 5.29. The third kappa shape index (κ3) is 3.35. The number of H-pyrrole nitrogens is 1. The molecule has 96 valence electrons. The molecule has 3 N–H and O–H groups in total. The number of rotatable bonds is 4. The predicted molar refractivity (Wildman–Crippen MR) is 76.4 cm³/mol. The molecule has 2 unspecified atom stereocenters. The zero-order valence-corrected chi connectivity index (χ0v) is 12.0. The Labute approximate surface area is 118 Å². The maximum atomic E-state index is 11.2. The van der Waals surface area contributed by atoms with Crippen LogP contribution in [0.15, 0.2) is 34.3 Å². The van der Waals surface area contributed by atoms with Crippen LogP contribution in [0.2, 0.25) is 4.34 Å². The summed E-state index contributed by atoms with van der Waals surface area (Å²) in [6, 6.07) is 5.11. The summed E-state index contributed by atoms with van der Waals surface area (Å²) in [4.78, 5) is 19.1. The molecule has 0 radical (unpaired) electrons. The lowest BCUT2D eigenvalue weighted by atomic mass is 10.2. The molecule has 0 saturated heterocycles. The van der Waals surface area contributed by atoms with Crippen molar-refractivity contribution in [2.75, 3.05) is 0 Å². The molecule has 0 aliphatic rings. The van der Waals surface area contributed by atoms with Gasteiger partial charge in [-0.25, -0.2) is 4.98 Å². The largest absolute Gasteiger partial charge is 0.327 e. The Hall–Kier alpha value is -0.820. The zero-order valence-electron chi connectivity index (χ0n) is 9.59. The molecule has 0 fully saturated rings. The fourth-order valence-corrected chi connectivity index (χ4v) is 3.82. The Kier molecular flexibility index (Phi) is 4.45. The van der Waals surface area contributed by atoms with Crippen LogP contribution in [0.3, 0.4) is 0 Å². The van der Waals surface area contributed by atoms with Crippen molar-refractivity contribution in [2.45, 2.75) is 23.4 Å². The number of nitrogens with two attached hydrogens (primary N) is 1. The van der Waals surface area contributed by atoms with Crippen molar-refractivity contribution >= 4 is 34.7 Å². The topological polar surface area (TPSA) is 71.8 Å². The van der Waals surface area contributed by atoms with Crippen LogP contribution in [-0.2, 0) is 0 Å². The van der Waals surface area contributed by atoms with E-state index in [2.05, 4.69) is 9.97 Å². The molecule has 2 aromatic heterocycles. The first-order valence-corrected chi connectivity index (χ1v) is 7.36. The molecule has 2 atom stereocenters. The smallest absolute Gasteiger partial charge is 0.251 e. The van der Waals surface area contributed by atoms with Crippen LogP contribution >= 0.6 is 34.7 Å². The Morgan fingerprint density at radius 1 is 1.50 bits per heavy atom. The van der Waals surface area contributed by atoms with Gasteiger partial charge in [0.05, 0.1) is 9.59 Å². The number of hydrogen-bond donors (Lipinski definition) is 2. The highest BCUT2D eigenvalue weighted by Crippen LogP contribution is 2.39. The molecule has 2 aromatic rings. The quantitative estimate of drug-likeness (QED) is 0.673. The summed E-state index contributed by atoms with van der Waals surface area (Å²) in [5, 5.41) is 0.586. The molecule has 0 aromatic carbocycles. The fraction of sp³-hybridized carbons (Fsp3) is 0.273. The normalized spacial score (nSPS) is 14.4. The lowest BCUT2D eigenvalue weighted by Gasteiger charge is -2.17. The number of aromatic amines is 1. The third-order valence-corrected chi connectivity index (χ3v) is 5.07. The molecule has 7 heteroatoms. The van der Waals surface area contributed by atoms with E-state index in [1.165, 1.54) is 35.4 Å². The van der Waals surface area contributed by atoms with E-state index in [1.54, 1.807) is 0 Å². The molecule has 18 heavy (non-hydrogen) atoms. The predicted octanol–water partition coefficient (Wildman–Crippen LogP) is 2.67. The van der Waals surface area contributed by atoms with E-state index in [-0.39, 0.29) is 16.9 Å². The number of hydrogen-bond acceptors (Lipinski definition) is 5. The van der Waals surface area contributed by atoms with Gasteiger partial charge in [-0.05, 0) is 19.1 Å². The number of nitrogens with one attached hydrogen (secondary N) is 1. The first-order chi connectivity index (χ1) is 8.56. The average Bonchev–Trinajstić information content (AvgIpc) is 2.72. The number of nitrogens with zero attached hydrogens (tertiary/aromatic N) is 1. The second-order valence-corrected chi connectivity index (χ2v) is 6.66. The monoisotopic (exact) mass is 301 g/mol. The summed E-state index contributed by atoms with van der Waals surface area (Å²) >= 11 is 8.86. The minimum atomic E-state index is -0.167. The van der Waals surface area contributed by atoms with Gasteiger partial charge in [0.1, 0.15) is 0 Å². The maximum Gasteiger partial charge on any atom is 0.251 e. The lowest BCUT2D eigenvalue weighted by Crippen LogP contribution is -2.22. The van der Waals surface area contributed by atoms with Crippen molar-refractivity contribution in [3.63, 3.8) is 0 Å². The Bertz CT molecular complexity index is 581. The molecule has 0 saturated carbocycles. The van der Waals surface area contributed by atoms with Gasteiger partial charge in [-0.3, -0.25) is 4.79 Å². The molecular weight excluding hydrogens is 290 g/mol. The van der Waals surface area contributed by atoms with E-state index in [0.717, 1.165) is 9.21 Å². The highest BCUT2D eigenvalue weighted by molar-refractivity contribution is 7.99. The first kappa shape index (κ1) is 13.6. The van der Waals surface area contributed by atoms with Gasteiger partial charge in [-0.15, -0.1) is 11.3 Å². The summed E-state index contributed by atoms with van der Waals surface area (Å²) in [5.74, 6) is 0. The summed E-state index contributed by atoms with van der Waals surface area (Å²) in [6.07, 6.45) is 1.49. The molecule has 0 amide bonds. The lowest BCUT2D eigenvalue weighted by molar-refractivity contribution is 0.725. The van der Waals surface area contributed by atoms with E-state index >= 15 is 0 Å². The second-order valence-electron chi connectivity index (χ2n) is 3.78. The molecule has 2 heterocycles. The maximum absolute atomic E-state index is 11.2. The van der Waals surface area contributed by atoms with Crippen molar-refractivity contribution in [2.24, 2.45) is 5.73 Å². The van der Waals surface area contributed by atoms with E-state index in [0.29, 0.717) is 5.16 Å². The van der Waals surface area contributed by atoms with E-state index in [4.69, 9.17) is 17.3 Å². The second kappa shape index (κ2) is 5.88. The van der Waals surface area contributed by atoms with E-state index in [9.17, 15) is 4.79 Å². The van der Waals surface area contributed by atoms with Crippen molar-refractivity contribution < 1.29 is 0 Å². The van der Waals surface area contributed by atoms with E-state index < -0.39 is 0 Å². The van der Waals surface area contributed by atoms with Gasteiger partial charge in [0.15, 0.2) is 5.16 Å². The fourth-order valence-electron chi connectivity index (χ4n) is 1.44. The zero-order chi connectivity index (χ0) is 13.1. The molecule has 0 spiro atoms. The van der Waals surface area contributed by atoms with Crippen molar-refractivity contribution in [3.8, 4) is 0 Å². The highest BCUT2D eigenvalue weighted by atomic mass is 35.5. The molecule has 0 aliphatic carbocycles. The Morgan fingerprint density at radius 3 is 2.83 bits per heavy atom. The van der Waals surface area contributed by atoms with Crippen LogP contribution in [0.4, 0.5) is 0 Å². The molecule has 0 aliphatic heterocycles. The molecule has 0 bridgehead atoms. The van der Waals surface area contributed by atoms with Gasteiger partial charge in [0.25, 0.3) is 5.56 Å². The third-order valence-electron chi connectivity index (χ3n) is 2.24. The Morgan fingerprint density at radius 2 is 2.28 bits per heavy atom. The highest BCUT2D eigenvalue weighted by Gasteiger charge is 2.20. The van der Waals surface area contributed by atoms with Crippen LogP contribution in [0.1, 0.15) is 17.1 Å².